The molecule has 0 radical (unpaired) electrons. The Labute approximate surface area is 120 Å². The van der Waals surface area contributed by atoms with Crippen molar-refractivity contribution in [3.63, 3.8) is 0 Å². The molecule has 2 fully saturated rings. The normalized spacial score (nSPS) is 32.7. The van der Waals surface area contributed by atoms with Gasteiger partial charge in [0.25, 0.3) is 5.69 Å². The average molecular weight is 325 g/mol. The summed E-state index contributed by atoms with van der Waals surface area (Å²) in [4.78, 5) is 10.8. The molecule has 19 heavy (non-hydrogen) atoms. The Bertz CT molecular complexity index is 534. The van der Waals surface area contributed by atoms with Gasteiger partial charge < -0.3 is 5.73 Å². The molecule has 3 atom stereocenters. The van der Waals surface area contributed by atoms with E-state index in [-0.39, 0.29) is 16.1 Å². The number of hydrogen-bond acceptors (Lipinski definition) is 3. The molecule has 0 saturated heterocycles. The number of benzene rings is 1. The van der Waals surface area contributed by atoms with Crippen molar-refractivity contribution in [3.05, 3.63) is 38.3 Å². The minimum atomic E-state index is -0.309. The van der Waals surface area contributed by atoms with E-state index in [0.717, 1.165) is 22.4 Å². The zero-order chi connectivity index (χ0) is 13.6. The highest BCUT2D eigenvalue weighted by Gasteiger charge is 2.48. The van der Waals surface area contributed by atoms with Crippen LogP contribution in [-0.2, 0) is 6.42 Å². The predicted molar refractivity (Wildman–Crippen MR) is 76.9 cm³/mol. The van der Waals surface area contributed by atoms with Gasteiger partial charge in [0, 0.05) is 21.6 Å². The highest BCUT2D eigenvalue weighted by Crippen LogP contribution is 2.51. The summed E-state index contributed by atoms with van der Waals surface area (Å²) in [5.74, 6) is 1.28. The van der Waals surface area contributed by atoms with Gasteiger partial charge in [-0.2, -0.15) is 0 Å². The topological polar surface area (TPSA) is 69.2 Å². The average Bonchev–Trinajstić information content (AvgIpc) is 2.91. The molecule has 0 heterocycles. The molecule has 5 heteroatoms. The van der Waals surface area contributed by atoms with Crippen molar-refractivity contribution >= 4 is 21.6 Å². The van der Waals surface area contributed by atoms with E-state index in [2.05, 4.69) is 15.9 Å². The van der Waals surface area contributed by atoms with Crippen molar-refractivity contribution in [2.75, 3.05) is 0 Å². The molecule has 0 aliphatic heterocycles. The molecule has 1 aromatic rings. The Hall–Kier alpha value is -0.940. The van der Waals surface area contributed by atoms with Crippen LogP contribution in [0.5, 0.6) is 0 Å². The van der Waals surface area contributed by atoms with Gasteiger partial charge in [0.05, 0.1) is 4.92 Å². The molecule has 0 aromatic heterocycles. The minimum absolute atomic E-state index is 0.182. The Balaban J connectivity index is 1.89. The third kappa shape index (κ3) is 2.30. The fourth-order valence-corrected chi connectivity index (χ4v) is 4.26. The molecule has 4 nitrogen and oxygen atoms in total. The van der Waals surface area contributed by atoms with Crippen LogP contribution in [0.25, 0.3) is 0 Å². The lowest BCUT2D eigenvalue weighted by molar-refractivity contribution is -0.385. The van der Waals surface area contributed by atoms with Gasteiger partial charge in [0.1, 0.15) is 0 Å². The highest BCUT2D eigenvalue weighted by atomic mass is 79.9. The van der Waals surface area contributed by atoms with E-state index >= 15 is 0 Å². The third-order valence-electron chi connectivity index (χ3n) is 4.79. The van der Waals surface area contributed by atoms with E-state index in [1.165, 1.54) is 19.3 Å². The standard InChI is InChI=1S/C14H17BrN2O2/c15-12-4-2-10(13(6-12)17(18)19)8-14(16)7-9-1-3-11(14)5-9/h2,4,6,9,11H,1,3,5,7-8,16H2. The molecule has 2 aliphatic carbocycles. The van der Waals surface area contributed by atoms with Crippen LogP contribution < -0.4 is 5.73 Å². The summed E-state index contributed by atoms with van der Waals surface area (Å²) in [7, 11) is 0. The maximum absolute atomic E-state index is 11.2. The molecule has 2 bridgehead atoms. The van der Waals surface area contributed by atoms with Crippen molar-refractivity contribution in [1.82, 2.24) is 0 Å². The van der Waals surface area contributed by atoms with Gasteiger partial charge in [-0.05, 0) is 43.6 Å². The molecule has 2 saturated carbocycles. The predicted octanol–water partition coefficient (Wildman–Crippen LogP) is 3.42. The first kappa shape index (κ1) is 13.1. The fraction of sp³-hybridized carbons (Fsp3) is 0.571. The van der Waals surface area contributed by atoms with Gasteiger partial charge in [-0.3, -0.25) is 10.1 Å². The number of nitro groups is 1. The summed E-state index contributed by atoms with van der Waals surface area (Å²) in [6, 6.07) is 5.27. The van der Waals surface area contributed by atoms with Crippen LogP contribution in [0, 0.1) is 22.0 Å². The van der Waals surface area contributed by atoms with Crippen molar-refractivity contribution in [1.29, 1.82) is 0 Å². The zero-order valence-electron chi connectivity index (χ0n) is 10.6. The molecule has 2 N–H and O–H groups in total. The van der Waals surface area contributed by atoms with Gasteiger partial charge in [-0.1, -0.05) is 28.4 Å². The lowest BCUT2D eigenvalue weighted by Crippen LogP contribution is -2.47. The van der Waals surface area contributed by atoms with Gasteiger partial charge in [0.15, 0.2) is 0 Å². The number of nitrogens with zero attached hydrogens (tertiary/aromatic N) is 1. The monoisotopic (exact) mass is 324 g/mol. The fourth-order valence-electron chi connectivity index (χ4n) is 3.91. The van der Waals surface area contributed by atoms with E-state index < -0.39 is 0 Å². The summed E-state index contributed by atoms with van der Waals surface area (Å²) in [6.45, 7) is 0. The molecule has 3 unspecified atom stereocenters. The van der Waals surface area contributed by atoms with Gasteiger partial charge in [-0.15, -0.1) is 0 Å². The maximum Gasteiger partial charge on any atom is 0.273 e. The lowest BCUT2D eigenvalue weighted by atomic mass is 9.77. The SMILES string of the molecule is NC1(Cc2ccc(Br)cc2[N+](=O)[O-])CC2CCC1C2. The summed E-state index contributed by atoms with van der Waals surface area (Å²) in [6.07, 6.45) is 5.32. The Kier molecular flexibility index (Phi) is 3.14. The molecular weight excluding hydrogens is 308 g/mol. The molecule has 0 spiro atoms. The van der Waals surface area contributed by atoms with Crippen LogP contribution in [0.15, 0.2) is 22.7 Å². The Morgan fingerprint density at radius 1 is 1.47 bits per heavy atom. The molecule has 1 aromatic carbocycles. The largest absolute Gasteiger partial charge is 0.325 e. The number of halogens is 1. The van der Waals surface area contributed by atoms with Crippen molar-refractivity contribution in [2.24, 2.45) is 17.6 Å². The van der Waals surface area contributed by atoms with Gasteiger partial charge >= 0.3 is 0 Å². The van der Waals surface area contributed by atoms with Crippen molar-refractivity contribution in [2.45, 2.75) is 37.6 Å². The molecule has 0 amide bonds. The second kappa shape index (κ2) is 4.56. The second-order valence-electron chi connectivity index (χ2n) is 6.02. The second-order valence-corrected chi connectivity index (χ2v) is 6.94. The maximum atomic E-state index is 11.2. The first-order valence-electron chi connectivity index (χ1n) is 6.70. The van der Waals surface area contributed by atoms with Crippen LogP contribution in [0.4, 0.5) is 5.69 Å². The summed E-state index contributed by atoms with van der Waals surface area (Å²) in [5.41, 5.74) is 7.26. The summed E-state index contributed by atoms with van der Waals surface area (Å²) >= 11 is 3.29. The first-order valence-corrected chi connectivity index (χ1v) is 7.49. The Morgan fingerprint density at radius 2 is 2.26 bits per heavy atom. The van der Waals surface area contributed by atoms with Crippen LogP contribution >= 0.6 is 15.9 Å². The van der Waals surface area contributed by atoms with Crippen LogP contribution in [0.3, 0.4) is 0 Å². The van der Waals surface area contributed by atoms with E-state index in [9.17, 15) is 10.1 Å². The number of fused-ring (bicyclic) bond motifs is 2. The van der Waals surface area contributed by atoms with Crippen LogP contribution in [-0.4, -0.2) is 10.5 Å². The minimum Gasteiger partial charge on any atom is -0.325 e. The lowest BCUT2D eigenvalue weighted by Gasteiger charge is -2.33. The number of rotatable bonds is 3. The smallest absolute Gasteiger partial charge is 0.273 e. The van der Waals surface area contributed by atoms with Crippen molar-refractivity contribution < 1.29 is 4.92 Å². The van der Waals surface area contributed by atoms with Gasteiger partial charge in [0.2, 0.25) is 0 Å². The molecule has 2 aliphatic rings. The van der Waals surface area contributed by atoms with Gasteiger partial charge in [-0.25, -0.2) is 0 Å². The first-order chi connectivity index (χ1) is 8.98. The van der Waals surface area contributed by atoms with Crippen LogP contribution in [0.1, 0.15) is 31.2 Å². The highest BCUT2D eigenvalue weighted by molar-refractivity contribution is 9.10. The van der Waals surface area contributed by atoms with E-state index in [1.807, 2.05) is 12.1 Å². The molecular formula is C14H17BrN2O2. The molecule has 102 valence electrons. The van der Waals surface area contributed by atoms with Crippen LogP contribution in [0.2, 0.25) is 0 Å². The summed E-state index contributed by atoms with van der Waals surface area (Å²) in [5, 5.41) is 11.2. The number of hydrogen-bond donors (Lipinski definition) is 1. The zero-order valence-corrected chi connectivity index (χ0v) is 12.2. The quantitative estimate of drug-likeness (QED) is 0.684. The summed E-state index contributed by atoms with van der Waals surface area (Å²) < 4.78 is 0.738. The third-order valence-corrected chi connectivity index (χ3v) is 5.28. The molecule has 3 rings (SSSR count). The Morgan fingerprint density at radius 3 is 2.84 bits per heavy atom. The van der Waals surface area contributed by atoms with E-state index in [0.29, 0.717) is 12.3 Å². The van der Waals surface area contributed by atoms with Crippen molar-refractivity contribution in [3.8, 4) is 0 Å². The van der Waals surface area contributed by atoms with E-state index in [1.54, 1.807) is 6.07 Å². The van der Waals surface area contributed by atoms with E-state index in [4.69, 9.17) is 5.73 Å². The number of nitrogens with two attached hydrogens (primary N) is 1. The number of nitro benzene ring substituents is 1.